The minimum atomic E-state index is 0.0527. The van der Waals surface area contributed by atoms with Crippen molar-refractivity contribution in [3.05, 3.63) is 181 Å². The van der Waals surface area contributed by atoms with Crippen LogP contribution in [0.1, 0.15) is 28.8 Å². The molecule has 5 nitrogen and oxygen atoms in total. The fourth-order valence-electron chi connectivity index (χ4n) is 9.33. The molecule has 2 atom stereocenters. The average Bonchev–Trinajstić information content (AvgIpc) is 3.95. The van der Waals surface area contributed by atoms with Crippen molar-refractivity contribution in [1.82, 2.24) is 19.1 Å². The van der Waals surface area contributed by atoms with Crippen LogP contribution in [0.4, 0.5) is 11.4 Å². The van der Waals surface area contributed by atoms with Gasteiger partial charge in [-0.3, -0.25) is 9.13 Å². The summed E-state index contributed by atoms with van der Waals surface area (Å²) in [5.74, 6) is 1.99. The topological polar surface area (TPSA) is 41.8 Å². The van der Waals surface area contributed by atoms with Crippen molar-refractivity contribution in [3.63, 3.8) is 0 Å². The number of pyridine rings is 1. The second-order valence-electron chi connectivity index (χ2n) is 14.0. The van der Waals surface area contributed by atoms with Gasteiger partial charge in [-0.1, -0.05) is 121 Å². The van der Waals surface area contributed by atoms with Crippen LogP contribution in [0.2, 0.25) is 0 Å². The molecule has 0 spiro atoms. The minimum absolute atomic E-state index is 0.0527. The molecule has 0 radical (unpaired) electrons. The second kappa shape index (κ2) is 10.3. The first-order chi connectivity index (χ1) is 25.8. The number of benzene rings is 6. The van der Waals surface area contributed by atoms with Crippen molar-refractivity contribution >= 4 is 72.0 Å². The van der Waals surface area contributed by atoms with Crippen molar-refractivity contribution < 1.29 is 0 Å². The highest BCUT2D eigenvalue weighted by molar-refractivity contribution is 6.22. The van der Waals surface area contributed by atoms with Crippen LogP contribution in [0.5, 0.6) is 0 Å². The Labute approximate surface area is 299 Å². The minimum Gasteiger partial charge on any atom is -0.353 e. The molecule has 1 aliphatic carbocycles. The molecule has 10 aromatic rings. The van der Waals surface area contributed by atoms with E-state index in [1.807, 2.05) is 0 Å². The predicted octanol–water partition coefficient (Wildman–Crippen LogP) is 11.8. The van der Waals surface area contributed by atoms with Crippen molar-refractivity contribution in [2.75, 3.05) is 4.90 Å². The molecule has 0 fully saturated rings. The quantitative estimate of drug-likeness (QED) is 0.204. The van der Waals surface area contributed by atoms with Crippen molar-refractivity contribution in [1.29, 1.82) is 0 Å². The van der Waals surface area contributed by atoms with Crippen molar-refractivity contribution in [2.24, 2.45) is 0 Å². The van der Waals surface area contributed by atoms with E-state index in [9.17, 15) is 0 Å². The Balaban J connectivity index is 1.14. The van der Waals surface area contributed by atoms with Crippen LogP contribution >= 0.6 is 0 Å². The van der Waals surface area contributed by atoms with E-state index in [1.165, 1.54) is 55.1 Å². The summed E-state index contributed by atoms with van der Waals surface area (Å²) in [6, 6.07) is 56.9. The molecule has 1 N–H and O–H groups in total. The lowest BCUT2D eigenvalue weighted by Crippen LogP contribution is -2.26. The maximum atomic E-state index is 5.61. The molecular formula is C47H31N5. The molecule has 0 amide bonds. The van der Waals surface area contributed by atoms with Crippen molar-refractivity contribution in [2.45, 2.75) is 12.0 Å². The molecule has 52 heavy (non-hydrogen) atoms. The third kappa shape index (κ3) is 3.64. The third-order valence-electron chi connectivity index (χ3n) is 11.4. The molecule has 4 aromatic heterocycles. The van der Waals surface area contributed by atoms with Crippen LogP contribution in [0.25, 0.3) is 72.2 Å². The molecule has 2 aliphatic rings. The van der Waals surface area contributed by atoms with E-state index in [0.29, 0.717) is 0 Å². The first-order valence-electron chi connectivity index (χ1n) is 18.0. The highest BCUT2D eigenvalue weighted by Gasteiger charge is 2.44. The van der Waals surface area contributed by atoms with Gasteiger partial charge in [0.2, 0.25) is 0 Å². The molecule has 5 heteroatoms. The highest BCUT2D eigenvalue weighted by atomic mass is 15.2. The van der Waals surface area contributed by atoms with Crippen LogP contribution in [0.15, 0.2) is 164 Å². The number of aromatic amines is 1. The SMILES string of the molecule is C1=CC2c3ccccc3N(c3ccccc3)C2c2c1c1ccccc1n2-c1cccc(-n2c3ccccc3c3ccc4c5ccccc5[nH]c4c32)n1. The summed E-state index contributed by atoms with van der Waals surface area (Å²) < 4.78 is 4.79. The summed E-state index contributed by atoms with van der Waals surface area (Å²) in [5.41, 5.74) is 12.0. The monoisotopic (exact) mass is 665 g/mol. The van der Waals surface area contributed by atoms with E-state index >= 15 is 0 Å². The van der Waals surface area contributed by atoms with Gasteiger partial charge < -0.3 is 9.88 Å². The van der Waals surface area contributed by atoms with Gasteiger partial charge >= 0.3 is 0 Å². The standard InChI is InChI=1S/C47H31N5/c1-2-13-29(14-3-1)50-39-20-9-5-17-32(39)36-27-28-37-33-18-7-11-22-41(33)52(47(37)46(36)50)43-24-12-23-42(49-43)51-40-21-10-6-16-31(40)35-26-25-34-30-15-4-8-19-38(30)48-44(34)45(35)51/h1-28,36,46,48H. The summed E-state index contributed by atoms with van der Waals surface area (Å²) in [6.45, 7) is 0. The fraction of sp³-hybridized carbons (Fsp3) is 0.0426. The summed E-state index contributed by atoms with van der Waals surface area (Å²) in [5, 5.41) is 6.10. The summed E-state index contributed by atoms with van der Waals surface area (Å²) in [6.07, 6.45) is 4.77. The summed E-state index contributed by atoms with van der Waals surface area (Å²) in [7, 11) is 0. The number of anilines is 2. The Morgan fingerprint density at radius 1 is 0.519 bits per heavy atom. The lowest BCUT2D eigenvalue weighted by atomic mass is 9.86. The highest BCUT2D eigenvalue weighted by Crippen LogP contribution is 2.57. The van der Waals surface area contributed by atoms with Gasteiger partial charge in [0.1, 0.15) is 11.6 Å². The molecule has 0 saturated carbocycles. The Morgan fingerprint density at radius 3 is 2.06 bits per heavy atom. The van der Waals surface area contributed by atoms with E-state index in [1.54, 1.807) is 0 Å². The number of nitrogens with one attached hydrogen (secondary N) is 1. The Morgan fingerprint density at radius 2 is 1.19 bits per heavy atom. The summed E-state index contributed by atoms with van der Waals surface area (Å²) >= 11 is 0. The third-order valence-corrected chi connectivity index (χ3v) is 11.4. The van der Waals surface area contributed by atoms with Gasteiger partial charge in [-0.2, -0.15) is 0 Å². The van der Waals surface area contributed by atoms with Crippen LogP contribution < -0.4 is 4.90 Å². The Hall–Kier alpha value is -6.85. The predicted molar refractivity (Wildman–Crippen MR) is 214 cm³/mol. The number of hydrogen-bond donors (Lipinski definition) is 1. The zero-order valence-corrected chi connectivity index (χ0v) is 28.1. The van der Waals surface area contributed by atoms with Crippen LogP contribution in [-0.2, 0) is 0 Å². The average molecular weight is 666 g/mol. The van der Waals surface area contributed by atoms with Gasteiger partial charge in [0, 0.05) is 55.3 Å². The van der Waals surface area contributed by atoms with Gasteiger partial charge in [-0.15, -0.1) is 0 Å². The second-order valence-corrected chi connectivity index (χ2v) is 14.0. The first-order valence-corrected chi connectivity index (χ1v) is 18.0. The Kier molecular flexibility index (Phi) is 5.55. The van der Waals surface area contributed by atoms with Gasteiger partial charge in [0.15, 0.2) is 0 Å². The summed E-state index contributed by atoms with van der Waals surface area (Å²) in [4.78, 5) is 11.9. The fourth-order valence-corrected chi connectivity index (χ4v) is 9.33. The smallest absolute Gasteiger partial charge is 0.140 e. The number of nitrogens with zero attached hydrogens (tertiary/aromatic N) is 4. The zero-order valence-electron chi connectivity index (χ0n) is 28.1. The molecular weight excluding hydrogens is 635 g/mol. The van der Waals surface area contributed by atoms with Crippen LogP contribution in [0.3, 0.4) is 0 Å². The molecule has 0 bridgehead atoms. The van der Waals surface area contributed by atoms with E-state index in [0.717, 1.165) is 39.2 Å². The molecule has 12 rings (SSSR count). The van der Waals surface area contributed by atoms with Gasteiger partial charge in [0.05, 0.1) is 33.8 Å². The lowest BCUT2D eigenvalue weighted by Gasteiger charge is -2.33. The number of fused-ring (bicyclic) bond motifs is 14. The van der Waals surface area contributed by atoms with Gasteiger partial charge in [-0.05, 0) is 54.1 Å². The number of H-pyrrole nitrogens is 1. The largest absolute Gasteiger partial charge is 0.353 e. The van der Waals surface area contributed by atoms with Gasteiger partial charge in [-0.25, -0.2) is 4.98 Å². The molecule has 0 saturated heterocycles. The van der Waals surface area contributed by atoms with Crippen molar-refractivity contribution in [3.8, 4) is 11.6 Å². The molecule has 2 unspecified atom stereocenters. The van der Waals surface area contributed by atoms with Crippen LogP contribution in [-0.4, -0.2) is 19.1 Å². The zero-order chi connectivity index (χ0) is 33.9. The molecule has 1 aliphatic heterocycles. The van der Waals surface area contributed by atoms with E-state index < -0.39 is 0 Å². The molecule has 6 aromatic carbocycles. The number of rotatable bonds is 3. The maximum Gasteiger partial charge on any atom is 0.140 e. The van der Waals surface area contributed by atoms with E-state index in [2.05, 4.69) is 189 Å². The number of aromatic nitrogens is 4. The normalized spacial score (nSPS) is 16.3. The molecule has 244 valence electrons. The lowest BCUT2D eigenvalue weighted by molar-refractivity contribution is 0.634. The molecule has 5 heterocycles. The van der Waals surface area contributed by atoms with E-state index in [-0.39, 0.29) is 12.0 Å². The maximum absolute atomic E-state index is 5.61. The van der Waals surface area contributed by atoms with E-state index in [4.69, 9.17) is 4.98 Å². The number of para-hydroxylation sites is 5. The van der Waals surface area contributed by atoms with Crippen LogP contribution in [0, 0.1) is 0 Å². The van der Waals surface area contributed by atoms with Gasteiger partial charge in [0.25, 0.3) is 0 Å². The first kappa shape index (κ1) is 27.9. The Bertz CT molecular complexity index is 3100. The number of hydrogen-bond acceptors (Lipinski definition) is 2.